The van der Waals surface area contributed by atoms with Gasteiger partial charge in [0.1, 0.15) is 0 Å². The van der Waals surface area contributed by atoms with Crippen LogP contribution < -0.4 is 0 Å². The monoisotopic (exact) mass is 430 g/mol. The number of hydrogen-bond acceptors (Lipinski definition) is 0. The molecule has 2 aromatic rings. The van der Waals surface area contributed by atoms with Crippen LogP contribution in [0, 0.1) is 0 Å². The Balaban J connectivity index is 1.52. The summed E-state index contributed by atoms with van der Waals surface area (Å²) in [4.78, 5) is 0. The molecule has 0 atom stereocenters. The molecule has 4 rings (SSSR count). The van der Waals surface area contributed by atoms with Gasteiger partial charge in [-0.2, -0.15) is 0 Å². The maximum atomic E-state index is 2.47. The van der Waals surface area contributed by atoms with Crippen molar-refractivity contribution < 1.29 is 0 Å². The zero-order valence-corrected chi connectivity index (χ0v) is 20.9. The lowest BCUT2D eigenvalue weighted by Crippen LogP contribution is -2.29. The molecule has 174 valence electrons. The molecule has 0 N–H and O–H groups in total. The van der Waals surface area contributed by atoms with Crippen LogP contribution in [0.5, 0.6) is 0 Å². The van der Waals surface area contributed by atoms with Crippen LogP contribution in [0.25, 0.3) is 11.1 Å². The molecule has 2 aliphatic rings. The second-order valence-electron chi connectivity index (χ2n) is 11.0. The molecule has 2 saturated carbocycles. The van der Waals surface area contributed by atoms with Crippen molar-refractivity contribution in [2.75, 3.05) is 0 Å². The fourth-order valence-corrected chi connectivity index (χ4v) is 7.05. The zero-order chi connectivity index (χ0) is 22.3. The summed E-state index contributed by atoms with van der Waals surface area (Å²) in [7, 11) is 0. The molecule has 0 bridgehead atoms. The minimum Gasteiger partial charge on any atom is -0.0654 e. The van der Waals surface area contributed by atoms with Gasteiger partial charge in [-0.05, 0) is 71.6 Å². The summed E-state index contributed by atoms with van der Waals surface area (Å²) in [6, 6.07) is 19.5. The highest BCUT2D eigenvalue weighted by Gasteiger charge is 2.34. The summed E-state index contributed by atoms with van der Waals surface area (Å²) in [6.07, 6.45) is 22.2. The van der Waals surface area contributed by atoms with Gasteiger partial charge in [-0.15, -0.1) is 0 Å². The number of hydrogen-bond donors (Lipinski definition) is 0. The van der Waals surface area contributed by atoms with E-state index < -0.39 is 0 Å². The SMILES string of the molecule is CCCCCC1(c2ccc(-c3ccc(C4(CCC)CCCCC4)cc3)cc2)CCCCC1. The van der Waals surface area contributed by atoms with E-state index in [0.29, 0.717) is 10.8 Å². The molecule has 0 amide bonds. The van der Waals surface area contributed by atoms with Crippen LogP contribution >= 0.6 is 0 Å². The zero-order valence-electron chi connectivity index (χ0n) is 20.9. The van der Waals surface area contributed by atoms with Gasteiger partial charge in [-0.3, -0.25) is 0 Å². The Labute approximate surface area is 198 Å². The average Bonchev–Trinajstić information content (AvgIpc) is 2.86. The predicted molar refractivity (Wildman–Crippen MR) is 140 cm³/mol. The van der Waals surface area contributed by atoms with E-state index >= 15 is 0 Å². The van der Waals surface area contributed by atoms with E-state index in [9.17, 15) is 0 Å². The summed E-state index contributed by atoms with van der Waals surface area (Å²) in [5, 5.41) is 0. The Morgan fingerprint density at radius 3 is 1.34 bits per heavy atom. The van der Waals surface area contributed by atoms with Crippen LogP contribution in [0.1, 0.15) is 128 Å². The third-order valence-electron chi connectivity index (χ3n) is 8.94. The second-order valence-corrected chi connectivity index (χ2v) is 11.0. The van der Waals surface area contributed by atoms with Gasteiger partial charge in [0, 0.05) is 0 Å². The minimum absolute atomic E-state index is 0.446. The van der Waals surface area contributed by atoms with Crippen LogP contribution in [0.2, 0.25) is 0 Å². The fraction of sp³-hybridized carbons (Fsp3) is 0.625. The van der Waals surface area contributed by atoms with Crippen LogP contribution in [0.4, 0.5) is 0 Å². The van der Waals surface area contributed by atoms with Gasteiger partial charge in [-0.25, -0.2) is 0 Å². The molecule has 0 aromatic heterocycles. The van der Waals surface area contributed by atoms with Crippen molar-refractivity contribution in [1.82, 2.24) is 0 Å². The van der Waals surface area contributed by atoms with E-state index in [-0.39, 0.29) is 0 Å². The summed E-state index contributed by atoms with van der Waals surface area (Å²) in [6.45, 7) is 4.68. The Hall–Kier alpha value is -1.56. The normalized spacial score (nSPS) is 20.2. The van der Waals surface area contributed by atoms with Crippen molar-refractivity contribution in [3.8, 4) is 11.1 Å². The molecule has 0 saturated heterocycles. The maximum Gasteiger partial charge on any atom is -0.00470 e. The fourth-order valence-electron chi connectivity index (χ4n) is 7.05. The van der Waals surface area contributed by atoms with Crippen molar-refractivity contribution in [1.29, 1.82) is 0 Å². The van der Waals surface area contributed by atoms with Gasteiger partial charge in [-0.1, -0.05) is 127 Å². The molecular weight excluding hydrogens is 384 g/mol. The number of unbranched alkanes of at least 4 members (excludes halogenated alkanes) is 2. The van der Waals surface area contributed by atoms with Gasteiger partial charge < -0.3 is 0 Å². The van der Waals surface area contributed by atoms with E-state index in [0.717, 1.165) is 0 Å². The molecule has 32 heavy (non-hydrogen) atoms. The first kappa shape index (κ1) is 23.6. The lowest BCUT2D eigenvalue weighted by atomic mass is 9.66. The molecular formula is C32H46. The van der Waals surface area contributed by atoms with E-state index in [1.54, 1.807) is 11.1 Å². The molecule has 0 aliphatic heterocycles. The molecule has 2 fully saturated rings. The van der Waals surface area contributed by atoms with Crippen molar-refractivity contribution in [2.24, 2.45) is 0 Å². The third-order valence-corrected chi connectivity index (χ3v) is 8.94. The van der Waals surface area contributed by atoms with Crippen molar-refractivity contribution in [3.63, 3.8) is 0 Å². The summed E-state index contributed by atoms with van der Waals surface area (Å²) < 4.78 is 0. The molecule has 0 spiro atoms. The van der Waals surface area contributed by atoms with Crippen molar-refractivity contribution >= 4 is 0 Å². The first-order valence-electron chi connectivity index (χ1n) is 13.9. The summed E-state index contributed by atoms with van der Waals surface area (Å²) >= 11 is 0. The number of rotatable bonds is 9. The quantitative estimate of drug-likeness (QED) is 0.347. The van der Waals surface area contributed by atoms with Gasteiger partial charge in [0.05, 0.1) is 0 Å². The van der Waals surface area contributed by atoms with Crippen LogP contribution in [-0.2, 0) is 10.8 Å². The first-order valence-corrected chi connectivity index (χ1v) is 13.9. The Kier molecular flexibility index (Phi) is 8.14. The maximum absolute atomic E-state index is 2.47. The highest BCUT2D eigenvalue weighted by Crippen LogP contribution is 2.45. The lowest BCUT2D eigenvalue weighted by molar-refractivity contribution is 0.266. The molecule has 0 heterocycles. The van der Waals surface area contributed by atoms with Crippen LogP contribution in [0.15, 0.2) is 48.5 Å². The highest BCUT2D eigenvalue weighted by molar-refractivity contribution is 5.64. The Morgan fingerprint density at radius 1 is 0.500 bits per heavy atom. The van der Waals surface area contributed by atoms with E-state index in [1.165, 1.54) is 114 Å². The topological polar surface area (TPSA) is 0 Å². The summed E-state index contributed by atoms with van der Waals surface area (Å²) in [5.41, 5.74) is 6.86. The first-order chi connectivity index (χ1) is 15.7. The molecule has 0 nitrogen and oxygen atoms in total. The molecule has 2 aromatic carbocycles. The predicted octanol–water partition coefficient (Wildman–Crippen LogP) is 10.1. The smallest absolute Gasteiger partial charge is 0.00470 e. The number of benzene rings is 2. The summed E-state index contributed by atoms with van der Waals surface area (Å²) in [5.74, 6) is 0. The molecule has 0 heteroatoms. The Morgan fingerprint density at radius 2 is 0.938 bits per heavy atom. The van der Waals surface area contributed by atoms with E-state index in [4.69, 9.17) is 0 Å². The largest absolute Gasteiger partial charge is 0.0654 e. The Bertz CT molecular complexity index is 793. The standard InChI is InChI=1S/C32H46/c1-3-5-8-22-32(25-11-7-12-26-32)30-19-15-28(16-20-30)27-13-17-29(18-14-27)31(21-4-2)23-9-6-10-24-31/h13-20H,3-12,21-26H2,1-2H3. The second kappa shape index (κ2) is 11.0. The van der Waals surface area contributed by atoms with Gasteiger partial charge in [0.2, 0.25) is 0 Å². The van der Waals surface area contributed by atoms with Crippen molar-refractivity contribution in [3.05, 3.63) is 59.7 Å². The third kappa shape index (κ3) is 5.16. The van der Waals surface area contributed by atoms with Gasteiger partial charge in [0.15, 0.2) is 0 Å². The lowest BCUT2D eigenvalue weighted by Gasteiger charge is -2.38. The van der Waals surface area contributed by atoms with E-state index in [1.807, 2.05) is 0 Å². The van der Waals surface area contributed by atoms with Gasteiger partial charge >= 0.3 is 0 Å². The minimum atomic E-state index is 0.446. The van der Waals surface area contributed by atoms with Crippen molar-refractivity contribution in [2.45, 2.75) is 127 Å². The molecule has 0 unspecified atom stereocenters. The van der Waals surface area contributed by atoms with Gasteiger partial charge in [0.25, 0.3) is 0 Å². The average molecular weight is 431 g/mol. The van der Waals surface area contributed by atoms with E-state index in [2.05, 4.69) is 62.4 Å². The molecule has 2 aliphatic carbocycles. The van der Waals surface area contributed by atoms with Crippen LogP contribution in [0.3, 0.4) is 0 Å². The molecule has 0 radical (unpaired) electrons. The highest BCUT2D eigenvalue weighted by atomic mass is 14.4. The van der Waals surface area contributed by atoms with Crippen LogP contribution in [-0.4, -0.2) is 0 Å².